The van der Waals surface area contributed by atoms with Crippen LogP contribution in [-0.4, -0.2) is 42.1 Å². The van der Waals surface area contributed by atoms with Crippen molar-refractivity contribution in [2.45, 2.75) is 6.92 Å². The Bertz CT molecular complexity index is 685. The van der Waals surface area contributed by atoms with Crippen molar-refractivity contribution >= 4 is 28.6 Å². The number of rotatable bonds is 5. The van der Waals surface area contributed by atoms with E-state index in [4.69, 9.17) is 0 Å². The Morgan fingerprint density at radius 2 is 2.05 bits per heavy atom. The molecule has 0 spiro atoms. The lowest BCUT2D eigenvalue weighted by atomic mass is 10.1. The lowest BCUT2D eigenvalue weighted by Crippen LogP contribution is -2.36. The highest BCUT2D eigenvalue weighted by Crippen LogP contribution is 2.23. The smallest absolute Gasteiger partial charge is 0.339 e. The molecular weight excluding hydrogens is 270 g/mol. The molecule has 110 valence electrons. The maximum Gasteiger partial charge on any atom is 0.339 e. The number of carboxylic acids is 1. The molecule has 1 aromatic carbocycles. The summed E-state index contributed by atoms with van der Waals surface area (Å²) >= 11 is 0. The summed E-state index contributed by atoms with van der Waals surface area (Å²) in [6.45, 7) is 2.41. The minimum Gasteiger partial charge on any atom is -0.478 e. The molecule has 0 aliphatic heterocycles. The van der Waals surface area contributed by atoms with Crippen LogP contribution in [0.2, 0.25) is 0 Å². The fraction of sp³-hybridized carbons (Fsp3) is 0.267. The van der Waals surface area contributed by atoms with Gasteiger partial charge in [0.25, 0.3) is 0 Å². The average Bonchev–Trinajstić information content (AvgIpc) is 2.50. The number of nitrogens with one attached hydrogen (secondary N) is 1. The SMILES string of the molecule is CCN(CC(=O)NC)c1nc2ccccc2cc1C(=O)O. The molecule has 1 amide bonds. The molecule has 0 saturated carbocycles. The van der Waals surface area contributed by atoms with E-state index in [1.807, 2.05) is 31.2 Å². The quantitative estimate of drug-likeness (QED) is 0.871. The predicted octanol–water partition coefficient (Wildman–Crippen LogP) is 1.51. The number of carbonyl (C=O) groups is 2. The fourth-order valence-corrected chi connectivity index (χ4v) is 2.09. The van der Waals surface area contributed by atoms with Crippen molar-refractivity contribution in [1.29, 1.82) is 0 Å². The van der Waals surface area contributed by atoms with Gasteiger partial charge in [-0.1, -0.05) is 18.2 Å². The number of carbonyl (C=O) groups excluding carboxylic acids is 1. The van der Waals surface area contributed by atoms with Gasteiger partial charge in [0.05, 0.1) is 12.1 Å². The van der Waals surface area contributed by atoms with Gasteiger partial charge >= 0.3 is 5.97 Å². The fourth-order valence-electron chi connectivity index (χ4n) is 2.09. The first-order chi connectivity index (χ1) is 10.1. The standard InChI is InChI=1S/C15H17N3O3/c1-3-18(9-13(19)16-2)14-11(15(20)21)8-10-6-4-5-7-12(10)17-14/h4-8H,3,9H2,1-2H3,(H,16,19)(H,20,21). The van der Waals surface area contributed by atoms with Crippen LogP contribution >= 0.6 is 0 Å². The maximum absolute atomic E-state index is 11.6. The van der Waals surface area contributed by atoms with Crippen LogP contribution in [-0.2, 0) is 4.79 Å². The molecule has 1 aromatic heterocycles. The summed E-state index contributed by atoms with van der Waals surface area (Å²) in [5, 5.41) is 12.7. The number of fused-ring (bicyclic) bond motifs is 1. The highest BCUT2D eigenvalue weighted by molar-refractivity contribution is 5.98. The van der Waals surface area contributed by atoms with E-state index in [0.717, 1.165) is 5.39 Å². The molecular formula is C15H17N3O3. The van der Waals surface area contributed by atoms with Crippen LogP contribution in [0.3, 0.4) is 0 Å². The number of anilines is 1. The third-order valence-corrected chi connectivity index (χ3v) is 3.23. The van der Waals surface area contributed by atoms with Crippen molar-refractivity contribution < 1.29 is 14.7 Å². The van der Waals surface area contributed by atoms with Crippen LogP contribution < -0.4 is 10.2 Å². The summed E-state index contributed by atoms with van der Waals surface area (Å²) in [7, 11) is 1.54. The molecule has 2 aromatic rings. The van der Waals surface area contributed by atoms with E-state index in [9.17, 15) is 14.7 Å². The average molecular weight is 287 g/mol. The van der Waals surface area contributed by atoms with Crippen LogP contribution in [0.25, 0.3) is 10.9 Å². The topological polar surface area (TPSA) is 82.5 Å². The highest BCUT2D eigenvalue weighted by atomic mass is 16.4. The van der Waals surface area contributed by atoms with Crippen LogP contribution in [0.1, 0.15) is 17.3 Å². The number of aromatic carboxylic acids is 1. The summed E-state index contributed by atoms with van der Waals surface area (Å²) in [4.78, 5) is 29.1. The number of likely N-dealkylation sites (N-methyl/N-ethyl adjacent to an activating group) is 2. The van der Waals surface area contributed by atoms with Crippen LogP contribution in [0, 0.1) is 0 Å². The number of para-hydroxylation sites is 1. The van der Waals surface area contributed by atoms with E-state index >= 15 is 0 Å². The van der Waals surface area contributed by atoms with Crippen molar-refractivity contribution in [3.05, 3.63) is 35.9 Å². The second-order valence-corrected chi connectivity index (χ2v) is 4.54. The van der Waals surface area contributed by atoms with Crippen molar-refractivity contribution in [3.63, 3.8) is 0 Å². The molecule has 0 saturated heterocycles. The van der Waals surface area contributed by atoms with Gasteiger partial charge in [-0.3, -0.25) is 4.79 Å². The number of carboxylic acid groups (broad SMARTS) is 1. The molecule has 0 atom stereocenters. The van der Waals surface area contributed by atoms with Crippen molar-refractivity contribution in [1.82, 2.24) is 10.3 Å². The second-order valence-electron chi connectivity index (χ2n) is 4.54. The van der Waals surface area contributed by atoms with E-state index < -0.39 is 5.97 Å². The molecule has 0 radical (unpaired) electrons. The maximum atomic E-state index is 11.6. The Morgan fingerprint density at radius 1 is 1.33 bits per heavy atom. The molecule has 6 heteroatoms. The van der Waals surface area contributed by atoms with Crippen LogP contribution in [0.15, 0.2) is 30.3 Å². The molecule has 0 bridgehead atoms. The lowest BCUT2D eigenvalue weighted by Gasteiger charge is -2.23. The summed E-state index contributed by atoms with van der Waals surface area (Å²) in [6.07, 6.45) is 0. The molecule has 1 heterocycles. The van der Waals surface area contributed by atoms with Crippen LogP contribution in [0.4, 0.5) is 5.82 Å². The number of amides is 1. The molecule has 0 aliphatic carbocycles. The van der Waals surface area contributed by atoms with E-state index in [1.54, 1.807) is 18.0 Å². The first-order valence-electron chi connectivity index (χ1n) is 6.65. The first-order valence-corrected chi connectivity index (χ1v) is 6.65. The van der Waals surface area contributed by atoms with Crippen molar-refractivity contribution in [2.75, 3.05) is 25.0 Å². The van der Waals surface area contributed by atoms with E-state index in [0.29, 0.717) is 17.9 Å². The van der Waals surface area contributed by atoms with Crippen molar-refractivity contribution in [3.8, 4) is 0 Å². The van der Waals surface area contributed by atoms with E-state index in [-0.39, 0.29) is 18.0 Å². The minimum atomic E-state index is -1.06. The lowest BCUT2D eigenvalue weighted by molar-refractivity contribution is -0.119. The van der Waals surface area contributed by atoms with Crippen LogP contribution in [0.5, 0.6) is 0 Å². The van der Waals surface area contributed by atoms with Gasteiger partial charge in [0.15, 0.2) is 0 Å². The molecule has 0 unspecified atom stereocenters. The molecule has 2 N–H and O–H groups in total. The van der Waals surface area contributed by atoms with Gasteiger partial charge in [0.2, 0.25) is 5.91 Å². The van der Waals surface area contributed by atoms with E-state index in [2.05, 4.69) is 10.3 Å². The Balaban J connectivity index is 2.55. The molecule has 0 aliphatic rings. The van der Waals surface area contributed by atoms with Gasteiger partial charge in [-0.25, -0.2) is 9.78 Å². The first kappa shape index (κ1) is 14.8. The summed E-state index contributed by atoms with van der Waals surface area (Å²) < 4.78 is 0. The number of nitrogens with zero attached hydrogens (tertiary/aromatic N) is 2. The van der Waals surface area contributed by atoms with Crippen molar-refractivity contribution in [2.24, 2.45) is 0 Å². The molecule has 21 heavy (non-hydrogen) atoms. The number of pyridine rings is 1. The summed E-state index contributed by atoms with van der Waals surface area (Å²) in [5.41, 5.74) is 0.798. The zero-order chi connectivity index (χ0) is 15.4. The predicted molar refractivity (Wildman–Crippen MR) is 80.7 cm³/mol. The molecule has 2 rings (SSSR count). The summed E-state index contributed by atoms with van der Waals surface area (Å²) in [6, 6.07) is 8.89. The summed E-state index contributed by atoms with van der Waals surface area (Å²) in [5.74, 6) is -0.936. The number of hydrogen-bond acceptors (Lipinski definition) is 4. The van der Waals surface area contributed by atoms with Gasteiger partial charge in [-0.05, 0) is 19.1 Å². The Kier molecular flexibility index (Phi) is 4.37. The zero-order valence-electron chi connectivity index (χ0n) is 12.0. The van der Waals surface area contributed by atoms with Gasteiger partial charge in [-0.2, -0.15) is 0 Å². The zero-order valence-corrected chi connectivity index (χ0v) is 12.0. The largest absolute Gasteiger partial charge is 0.478 e. The highest BCUT2D eigenvalue weighted by Gasteiger charge is 2.19. The minimum absolute atomic E-state index is 0.0681. The van der Waals surface area contributed by atoms with E-state index in [1.165, 1.54) is 0 Å². The third kappa shape index (κ3) is 3.10. The Morgan fingerprint density at radius 3 is 2.67 bits per heavy atom. The second kappa shape index (κ2) is 6.21. The number of benzene rings is 1. The third-order valence-electron chi connectivity index (χ3n) is 3.23. The Labute approximate surface area is 122 Å². The van der Waals surface area contributed by atoms with Gasteiger partial charge in [-0.15, -0.1) is 0 Å². The molecule has 0 fully saturated rings. The van der Waals surface area contributed by atoms with Gasteiger partial charge in [0.1, 0.15) is 11.4 Å². The molecule has 6 nitrogen and oxygen atoms in total. The monoisotopic (exact) mass is 287 g/mol. The van der Waals surface area contributed by atoms with Gasteiger partial charge < -0.3 is 15.3 Å². The number of hydrogen-bond donors (Lipinski definition) is 2. The van der Waals surface area contributed by atoms with Gasteiger partial charge in [0, 0.05) is 19.0 Å². The normalized spacial score (nSPS) is 10.4. The number of aromatic nitrogens is 1. The Hall–Kier alpha value is -2.63.